The average Bonchev–Trinajstić information content (AvgIpc) is 3.00. The molecule has 0 spiro atoms. The first-order valence-electron chi connectivity index (χ1n) is 10.3. The molecule has 0 atom stereocenters. The first-order chi connectivity index (χ1) is 15.9. The van der Waals surface area contributed by atoms with E-state index in [0.717, 1.165) is 27.0 Å². The summed E-state index contributed by atoms with van der Waals surface area (Å²) in [6.45, 7) is -0.0638. The molecule has 1 aliphatic rings. The summed E-state index contributed by atoms with van der Waals surface area (Å²) in [6, 6.07) is 14.0. The largest absolute Gasteiger partial charge is 0.471 e. The van der Waals surface area contributed by atoms with E-state index in [1.165, 1.54) is 30.3 Å². The lowest BCUT2D eigenvalue weighted by Gasteiger charge is -2.21. The van der Waals surface area contributed by atoms with Gasteiger partial charge in [0, 0.05) is 31.0 Å². The van der Waals surface area contributed by atoms with E-state index >= 15 is 0 Å². The molecule has 178 valence electrons. The van der Waals surface area contributed by atoms with Crippen LogP contribution in [-0.4, -0.2) is 54.5 Å². The molecule has 0 fully saturated rings. The summed E-state index contributed by atoms with van der Waals surface area (Å²) in [5.74, 6) is -1.84. The van der Waals surface area contributed by atoms with E-state index in [1.807, 2.05) is 0 Å². The second-order valence-electron chi connectivity index (χ2n) is 8.01. The predicted octanol–water partition coefficient (Wildman–Crippen LogP) is 2.79. The Morgan fingerprint density at radius 1 is 0.941 bits per heavy atom. The van der Waals surface area contributed by atoms with Gasteiger partial charge in [-0.3, -0.25) is 9.59 Å². The molecular weight excluding hydrogens is 471 g/mol. The minimum absolute atomic E-state index is 0.0166. The molecule has 0 saturated carbocycles. The minimum atomic E-state index is -4.90. The molecule has 0 unspecified atom stereocenters. The highest BCUT2D eigenvalue weighted by Gasteiger charge is 2.42. The minimum Gasteiger partial charge on any atom is -0.334 e. The van der Waals surface area contributed by atoms with Crippen molar-refractivity contribution < 1.29 is 26.4 Å². The van der Waals surface area contributed by atoms with Gasteiger partial charge in [-0.05, 0) is 60.4 Å². The monoisotopic (exact) mass is 491 g/mol. The zero-order valence-electron chi connectivity index (χ0n) is 18.0. The van der Waals surface area contributed by atoms with Crippen molar-refractivity contribution in [3.63, 3.8) is 0 Å². The Bertz CT molecular complexity index is 1410. The van der Waals surface area contributed by atoms with Crippen LogP contribution in [-0.2, 0) is 27.5 Å². The summed E-state index contributed by atoms with van der Waals surface area (Å²) in [6.07, 6.45) is -3.25. The molecule has 11 heteroatoms. The van der Waals surface area contributed by atoms with Gasteiger partial charge in [0.1, 0.15) is 0 Å². The molecule has 0 aliphatic carbocycles. The molecule has 34 heavy (non-hydrogen) atoms. The number of hydrogen-bond donors (Lipinski definition) is 0. The molecule has 0 bridgehead atoms. The molecule has 7 nitrogen and oxygen atoms in total. The second-order valence-corrected chi connectivity index (χ2v) is 10.0. The molecular formula is C23H20F3N3O4S. The lowest BCUT2D eigenvalue weighted by Crippen LogP contribution is -2.42. The fraction of sp³-hybridized carbons (Fsp3) is 0.261. The molecule has 2 heterocycles. The van der Waals surface area contributed by atoms with Gasteiger partial charge in [-0.1, -0.05) is 12.1 Å². The first-order valence-corrected chi connectivity index (χ1v) is 12.2. The number of halogens is 3. The summed E-state index contributed by atoms with van der Waals surface area (Å²) >= 11 is 0. The standard InChI is InChI=1S/C23H20F3N3O4S/c1-34(32,33)19-6-4-18(5-7-19)29-21(30)9-8-20(27-29)17-3-2-15-10-12-28(13-11-16(15)14-17)22(31)23(24,25)26/h2-9,14H,10-13H2,1H3. The Morgan fingerprint density at radius 2 is 1.59 bits per heavy atom. The van der Waals surface area contributed by atoms with E-state index in [2.05, 4.69) is 5.10 Å². The summed E-state index contributed by atoms with van der Waals surface area (Å²) in [4.78, 5) is 24.9. The third-order valence-corrected chi connectivity index (χ3v) is 6.77. The second kappa shape index (κ2) is 8.71. The Balaban J connectivity index is 1.63. The van der Waals surface area contributed by atoms with Crippen LogP contribution in [0.5, 0.6) is 0 Å². The van der Waals surface area contributed by atoms with Crippen LogP contribution in [0.25, 0.3) is 16.9 Å². The van der Waals surface area contributed by atoms with Gasteiger partial charge >= 0.3 is 12.1 Å². The maximum Gasteiger partial charge on any atom is 0.471 e. The van der Waals surface area contributed by atoms with Gasteiger partial charge in [-0.15, -0.1) is 0 Å². The van der Waals surface area contributed by atoms with E-state index in [4.69, 9.17) is 0 Å². The number of carbonyl (C=O) groups excluding carboxylic acids is 1. The van der Waals surface area contributed by atoms with Crippen molar-refractivity contribution in [3.05, 3.63) is 76.1 Å². The van der Waals surface area contributed by atoms with Gasteiger partial charge < -0.3 is 4.90 Å². The van der Waals surface area contributed by atoms with E-state index < -0.39 is 27.5 Å². The van der Waals surface area contributed by atoms with Crippen LogP contribution in [0.4, 0.5) is 13.2 Å². The van der Waals surface area contributed by atoms with Crippen LogP contribution in [0.15, 0.2) is 64.3 Å². The van der Waals surface area contributed by atoms with Gasteiger partial charge in [0.05, 0.1) is 16.3 Å². The van der Waals surface area contributed by atoms with Crippen molar-refractivity contribution in [3.8, 4) is 16.9 Å². The summed E-state index contributed by atoms with van der Waals surface area (Å²) in [7, 11) is -3.39. The molecule has 0 N–H and O–H groups in total. The molecule has 1 aromatic heterocycles. The molecule has 0 saturated heterocycles. The number of aromatic nitrogens is 2. The summed E-state index contributed by atoms with van der Waals surface area (Å²) < 4.78 is 62.9. The van der Waals surface area contributed by atoms with Crippen LogP contribution in [0, 0.1) is 0 Å². The number of hydrogen-bond acceptors (Lipinski definition) is 5. The van der Waals surface area contributed by atoms with Gasteiger partial charge in [0.2, 0.25) is 0 Å². The van der Waals surface area contributed by atoms with E-state index in [9.17, 15) is 31.2 Å². The number of alkyl halides is 3. The summed E-state index contributed by atoms with van der Waals surface area (Å²) in [5, 5.41) is 4.39. The van der Waals surface area contributed by atoms with Crippen LogP contribution in [0.3, 0.4) is 0 Å². The van der Waals surface area contributed by atoms with Crippen molar-refractivity contribution in [1.82, 2.24) is 14.7 Å². The third-order valence-electron chi connectivity index (χ3n) is 5.64. The maximum atomic E-state index is 12.8. The van der Waals surface area contributed by atoms with Gasteiger partial charge in [-0.2, -0.15) is 23.0 Å². The Hall–Kier alpha value is -3.47. The zero-order chi connectivity index (χ0) is 24.7. The quantitative estimate of drug-likeness (QED) is 0.562. The lowest BCUT2D eigenvalue weighted by molar-refractivity contribution is -0.185. The molecule has 0 radical (unpaired) electrons. The van der Waals surface area contributed by atoms with Crippen LogP contribution < -0.4 is 5.56 Å². The van der Waals surface area contributed by atoms with Gasteiger partial charge in [-0.25, -0.2) is 8.42 Å². The topological polar surface area (TPSA) is 89.3 Å². The number of nitrogens with zero attached hydrogens (tertiary/aromatic N) is 3. The molecule has 3 aromatic rings. The van der Waals surface area contributed by atoms with Crippen molar-refractivity contribution in [2.45, 2.75) is 23.9 Å². The highest BCUT2D eigenvalue weighted by Crippen LogP contribution is 2.26. The Labute approximate surface area is 193 Å². The number of rotatable bonds is 3. The fourth-order valence-corrected chi connectivity index (χ4v) is 4.48. The average molecular weight is 491 g/mol. The van der Waals surface area contributed by atoms with Gasteiger partial charge in [0.15, 0.2) is 9.84 Å². The number of amides is 1. The van der Waals surface area contributed by atoms with E-state index in [0.29, 0.717) is 23.4 Å². The lowest BCUT2D eigenvalue weighted by atomic mass is 9.99. The zero-order valence-corrected chi connectivity index (χ0v) is 18.9. The number of fused-ring (bicyclic) bond motifs is 1. The maximum absolute atomic E-state index is 12.8. The Kier molecular flexibility index (Phi) is 6.07. The predicted molar refractivity (Wildman–Crippen MR) is 118 cm³/mol. The number of carbonyl (C=O) groups is 1. The normalized spacial score (nSPS) is 14.4. The van der Waals surface area contributed by atoms with Crippen LogP contribution in [0.2, 0.25) is 0 Å². The van der Waals surface area contributed by atoms with Crippen LogP contribution >= 0.6 is 0 Å². The molecule has 1 aliphatic heterocycles. The van der Waals surface area contributed by atoms with Crippen molar-refractivity contribution >= 4 is 15.7 Å². The molecule has 2 aromatic carbocycles. The van der Waals surface area contributed by atoms with E-state index in [1.54, 1.807) is 24.3 Å². The van der Waals surface area contributed by atoms with Crippen molar-refractivity contribution in [1.29, 1.82) is 0 Å². The third kappa shape index (κ3) is 4.89. The number of sulfone groups is 1. The van der Waals surface area contributed by atoms with Crippen molar-refractivity contribution in [2.24, 2.45) is 0 Å². The summed E-state index contributed by atoms with van der Waals surface area (Å²) in [5.41, 5.74) is 2.76. The highest BCUT2D eigenvalue weighted by atomic mass is 32.2. The first kappa shape index (κ1) is 23.7. The SMILES string of the molecule is CS(=O)(=O)c1ccc(-n2nc(-c3ccc4c(c3)CCN(C(=O)C(F)(F)F)CC4)ccc2=O)cc1. The smallest absolute Gasteiger partial charge is 0.334 e. The molecule has 1 amide bonds. The fourth-order valence-electron chi connectivity index (χ4n) is 3.85. The number of benzene rings is 2. The Morgan fingerprint density at radius 3 is 2.21 bits per heavy atom. The molecule has 4 rings (SSSR count). The van der Waals surface area contributed by atoms with Crippen molar-refractivity contribution in [2.75, 3.05) is 19.3 Å². The van der Waals surface area contributed by atoms with Crippen LogP contribution in [0.1, 0.15) is 11.1 Å². The highest BCUT2D eigenvalue weighted by molar-refractivity contribution is 7.90. The van der Waals surface area contributed by atoms with E-state index in [-0.39, 0.29) is 24.4 Å². The van der Waals surface area contributed by atoms with Gasteiger partial charge in [0.25, 0.3) is 5.56 Å².